The molecule has 0 fully saturated rings. The first-order valence-corrected chi connectivity index (χ1v) is 24.9. The van der Waals surface area contributed by atoms with E-state index in [1.165, 1.54) is 89.0 Å². The molecule has 0 saturated carbocycles. The van der Waals surface area contributed by atoms with Gasteiger partial charge in [0.05, 0.1) is 52.4 Å². The second-order valence-corrected chi connectivity index (χ2v) is 20.1. The van der Waals surface area contributed by atoms with Gasteiger partial charge in [-0.15, -0.1) is 0 Å². The molecule has 346 valence electrons. The predicted molar refractivity (Wildman–Crippen MR) is 304 cm³/mol. The summed E-state index contributed by atoms with van der Waals surface area (Å²) in [5, 5.41) is 4.65. The van der Waals surface area contributed by atoms with Gasteiger partial charge in [-0.1, -0.05) is 138 Å². The largest absolute Gasteiger partial charge is 0.307 e. The lowest BCUT2D eigenvalue weighted by atomic mass is 9.95. The zero-order valence-electron chi connectivity index (χ0n) is 42.1. The minimum atomic E-state index is 0.582. The second-order valence-electron chi connectivity index (χ2n) is 20.1. The van der Waals surface area contributed by atoms with Crippen molar-refractivity contribution in [2.75, 3.05) is 0 Å². The van der Waals surface area contributed by atoms with Gasteiger partial charge in [0.2, 0.25) is 0 Å². The normalized spacial score (nSPS) is 11.6. The highest BCUT2D eigenvalue weighted by atomic mass is 15.0. The third kappa shape index (κ3) is 7.40. The maximum absolute atomic E-state index is 8.19. The Bertz CT molecular complexity index is 3800. The van der Waals surface area contributed by atoms with Crippen LogP contribution in [0.25, 0.3) is 115 Å². The Kier molecular flexibility index (Phi) is 10.7. The van der Waals surface area contributed by atoms with E-state index in [2.05, 4.69) is 221 Å². The summed E-state index contributed by atoms with van der Waals surface area (Å²) in [5.74, 6) is 0. The number of hydrogen-bond acceptors (Lipinski definition) is 1. The molecule has 0 atom stereocenters. The van der Waals surface area contributed by atoms with Crippen molar-refractivity contribution in [1.29, 1.82) is 0 Å². The summed E-state index contributed by atoms with van der Waals surface area (Å²) in [7, 11) is 0. The summed E-state index contributed by atoms with van der Waals surface area (Å²) in [4.78, 5) is 9.16. The Hall–Kier alpha value is -8.78. The fraction of sp³-hybridized carbons (Fsp3) is 0.118. The van der Waals surface area contributed by atoms with Crippen LogP contribution in [0.3, 0.4) is 0 Å². The molecular weight excluding hydrogens is 873 g/mol. The number of rotatable bonds is 7. The minimum Gasteiger partial charge on any atom is -0.307 e. The molecule has 0 aliphatic carbocycles. The van der Waals surface area contributed by atoms with Crippen LogP contribution in [0.1, 0.15) is 44.5 Å². The van der Waals surface area contributed by atoms with Gasteiger partial charge in [0.1, 0.15) is 0 Å². The number of aromatic nitrogens is 3. The first-order valence-electron chi connectivity index (χ1n) is 24.9. The van der Waals surface area contributed by atoms with Crippen molar-refractivity contribution < 1.29 is 0 Å². The third-order valence-corrected chi connectivity index (χ3v) is 15.0. The topological polar surface area (TPSA) is 27.1 Å². The summed E-state index contributed by atoms with van der Waals surface area (Å²) in [6.45, 7) is 25.6. The van der Waals surface area contributed by atoms with E-state index in [1.54, 1.807) is 0 Å². The molecule has 0 spiro atoms. The number of benzene rings is 9. The van der Waals surface area contributed by atoms with Crippen LogP contribution < -0.4 is 0 Å². The number of aryl methyl sites for hydroxylation is 8. The fourth-order valence-corrected chi connectivity index (χ4v) is 11.6. The highest BCUT2D eigenvalue weighted by Crippen LogP contribution is 2.45. The molecule has 3 heterocycles. The van der Waals surface area contributed by atoms with Crippen molar-refractivity contribution in [2.45, 2.75) is 55.4 Å². The van der Waals surface area contributed by atoms with E-state index in [4.69, 9.17) is 11.6 Å². The van der Waals surface area contributed by atoms with Crippen LogP contribution in [0, 0.1) is 62.0 Å². The molecule has 9 aromatic carbocycles. The van der Waals surface area contributed by atoms with Crippen LogP contribution in [-0.2, 0) is 0 Å². The summed E-state index contributed by atoms with van der Waals surface area (Å²) < 4.78 is 4.81. The van der Waals surface area contributed by atoms with Gasteiger partial charge in [-0.05, 0) is 182 Å². The standard InChI is InChI=1S/C68H54N4/c1-40-13-21-54(44(5)29-40)48-17-25-62-58(34-48)59-35-49(55-22-14-41(2)30-45(55)6)18-26-63(59)71(62)66-38-70-39-67(68(66)52-11-10-12-53(33-52)69-9)72-64-27-19-50(56-23-15-42(3)31-46(56)7)36-60(64)61-37-51(20-28-65(61)72)57-24-16-43(4)32-47(57)8/h10-39H,1-8H3. The van der Waals surface area contributed by atoms with E-state index in [9.17, 15) is 0 Å². The Balaban J connectivity index is 1.17. The second kappa shape index (κ2) is 17.3. The number of hydrogen-bond donors (Lipinski definition) is 0. The van der Waals surface area contributed by atoms with Gasteiger partial charge in [-0.2, -0.15) is 0 Å². The molecule has 12 aromatic rings. The molecule has 0 aliphatic heterocycles. The predicted octanol–water partition coefficient (Wildman–Crippen LogP) is 18.6. The van der Waals surface area contributed by atoms with Crippen molar-refractivity contribution >= 4 is 49.3 Å². The monoisotopic (exact) mass is 926 g/mol. The van der Waals surface area contributed by atoms with Gasteiger partial charge in [-0.3, -0.25) is 4.98 Å². The van der Waals surface area contributed by atoms with Gasteiger partial charge in [0.25, 0.3) is 0 Å². The highest BCUT2D eigenvalue weighted by Gasteiger charge is 2.24. The van der Waals surface area contributed by atoms with E-state index in [0.717, 1.165) is 66.1 Å². The Morgan fingerprint density at radius 2 is 0.681 bits per heavy atom. The summed E-state index contributed by atoms with van der Waals surface area (Å²) in [6.07, 6.45) is 4.03. The maximum atomic E-state index is 8.19. The molecule has 0 unspecified atom stereocenters. The van der Waals surface area contributed by atoms with Crippen LogP contribution in [0.2, 0.25) is 0 Å². The average Bonchev–Trinajstić information content (AvgIpc) is 3.87. The molecule has 4 heteroatoms. The molecule has 0 N–H and O–H groups in total. The van der Waals surface area contributed by atoms with Gasteiger partial charge in [-0.25, -0.2) is 4.85 Å². The lowest BCUT2D eigenvalue weighted by molar-refractivity contribution is 1.09. The lowest BCUT2D eigenvalue weighted by Crippen LogP contribution is -2.05. The Morgan fingerprint density at radius 3 is 0.986 bits per heavy atom. The van der Waals surface area contributed by atoms with Crippen LogP contribution in [-0.4, -0.2) is 14.1 Å². The van der Waals surface area contributed by atoms with Gasteiger partial charge < -0.3 is 9.13 Å². The number of fused-ring (bicyclic) bond motifs is 6. The zero-order valence-corrected chi connectivity index (χ0v) is 42.1. The minimum absolute atomic E-state index is 0.582. The molecular formula is C68H54N4. The van der Waals surface area contributed by atoms with Crippen molar-refractivity contribution in [1.82, 2.24) is 14.1 Å². The molecule has 4 nitrogen and oxygen atoms in total. The van der Waals surface area contributed by atoms with Crippen LogP contribution in [0.5, 0.6) is 0 Å². The van der Waals surface area contributed by atoms with E-state index in [-0.39, 0.29) is 0 Å². The molecule has 0 amide bonds. The zero-order chi connectivity index (χ0) is 49.5. The molecule has 0 bridgehead atoms. The molecule has 0 aliphatic rings. The third-order valence-electron chi connectivity index (χ3n) is 15.0. The Labute approximate surface area is 422 Å². The van der Waals surface area contributed by atoms with Gasteiger partial charge >= 0.3 is 0 Å². The van der Waals surface area contributed by atoms with Crippen LogP contribution in [0.15, 0.2) is 182 Å². The van der Waals surface area contributed by atoms with Crippen molar-refractivity contribution in [2.24, 2.45) is 0 Å². The first kappa shape index (κ1) is 44.4. The van der Waals surface area contributed by atoms with E-state index >= 15 is 0 Å². The SMILES string of the molecule is [C-]#[N+]c1cccc(-c2c(-n3c4ccc(-c5ccc(C)cc5C)cc4c4cc(-c5ccc(C)cc5C)ccc43)cncc2-n2c3ccc(-c4ccc(C)cc4C)cc3c3cc(-c4ccc(C)cc4C)ccc32)c1. The first-order chi connectivity index (χ1) is 34.9. The van der Waals surface area contributed by atoms with Crippen molar-refractivity contribution in [3.8, 4) is 67.0 Å². The Morgan fingerprint density at radius 1 is 0.347 bits per heavy atom. The van der Waals surface area contributed by atoms with E-state index < -0.39 is 0 Å². The molecule has 3 aromatic heterocycles. The number of nitrogens with zero attached hydrogens (tertiary/aromatic N) is 4. The number of pyridine rings is 1. The quantitative estimate of drug-likeness (QED) is 0.146. The van der Waals surface area contributed by atoms with Crippen molar-refractivity contribution in [3.63, 3.8) is 0 Å². The lowest BCUT2D eigenvalue weighted by Gasteiger charge is -2.20. The molecule has 12 rings (SSSR count). The van der Waals surface area contributed by atoms with Gasteiger partial charge in [0, 0.05) is 27.1 Å². The smallest absolute Gasteiger partial charge is 0.187 e. The fourth-order valence-electron chi connectivity index (χ4n) is 11.6. The molecule has 0 radical (unpaired) electrons. The maximum Gasteiger partial charge on any atom is 0.187 e. The molecule has 0 saturated heterocycles. The van der Waals surface area contributed by atoms with E-state index in [0.29, 0.717) is 5.69 Å². The van der Waals surface area contributed by atoms with Crippen LogP contribution in [0.4, 0.5) is 5.69 Å². The summed E-state index contributed by atoms with van der Waals surface area (Å²) in [6, 6.07) is 62.7. The average molecular weight is 927 g/mol. The van der Waals surface area contributed by atoms with Crippen LogP contribution >= 0.6 is 0 Å². The van der Waals surface area contributed by atoms with Gasteiger partial charge in [0.15, 0.2) is 5.69 Å². The molecule has 72 heavy (non-hydrogen) atoms. The summed E-state index contributed by atoms with van der Waals surface area (Å²) in [5.41, 5.74) is 28.3. The summed E-state index contributed by atoms with van der Waals surface area (Å²) >= 11 is 0. The highest BCUT2D eigenvalue weighted by molar-refractivity contribution is 6.14. The van der Waals surface area contributed by atoms with E-state index in [1.807, 2.05) is 30.6 Å². The van der Waals surface area contributed by atoms with Crippen molar-refractivity contribution in [3.05, 3.63) is 238 Å².